The minimum Gasteiger partial charge on any atom is -0.481 e. The van der Waals surface area contributed by atoms with Crippen molar-refractivity contribution >= 4 is 11.9 Å². The van der Waals surface area contributed by atoms with Gasteiger partial charge in [-0.1, -0.05) is 0 Å². The summed E-state index contributed by atoms with van der Waals surface area (Å²) < 4.78 is 44.6. The summed E-state index contributed by atoms with van der Waals surface area (Å²) in [7, 11) is 2.96. The van der Waals surface area contributed by atoms with Gasteiger partial charge in [0.1, 0.15) is 55.3 Å². The first kappa shape index (κ1) is 40.5. The fraction of sp³-hybridized carbons (Fsp3) is 0.938. The highest BCUT2D eigenvalue weighted by molar-refractivity contribution is 5.90. The molecule has 0 aromatic carbocycles. The zero-order valence-corrected chi connectivity index (χ0v) is 28.6. The van der Waals surface area contributed by atoms with Crippen LogP contribution in [0.2, 0.25) is 0 Å². The predicted molar refractivity (Wildman–Crippen MR) is 165 cm³/mol. The van der Waals surface area contributed by atoms with Crippen molar-refractivity contribution in [2.24, 2.45) is 11.8 Å². The quantitative estimate of drug-likeness (QED) is 0.0549. The van der Waals surface area contributed by atoms with Crippen LogP contribution in [0.3, 0.4) is 0 Å². The monoisotopic (exact) mass is 741 g/mol. The molecular weight excluding hydrogens is 688 g/mol. The Morgan fingerprint density at radius 3 is 2.02 bits per heavy atom. The Balaban J connectivity index is 1.28. The van der Waals surface area contributed by atoms with E-state index in [1.165, 1.54) is 21.1 Å². The molecule has 19 heteroatoms. The molecule has 5 fully saturated rings. The van der Waals surface area contributed by atoms with Crippen molar-refractivity contribution in [2.75, 3.05) is 20.8 Å². The molecule has 10 N–H and O–H groups in total. The highest BCUT2D eigenvalue weighted by Crippen LogP contribution is 2.43. The molecule has 3 heterocycles. The van der Waals surface area contributed by atoms with E-state index in [0.29, 0.717) is 19.3 Å². The predicted octanol–water partition coefficient (Wildman–Crippen LogP) is -4.35. The summed E-state index contributed by atoms with van der Waals surface area (Å²) >= 11 is 0. The number of aliphatic hydroxyl groups excluding tert-OH is 8. The van der Waals surface area contributed by atoms with E-state index in [1.54, 1.807) is 0 Å². The van der Waals surface area contributed by atoms with E-state index >= 15 is 0 Å². The van der Waals surface area contributed by atoms with Crippen LogP contribution in [-0.4, -0.2) is 194 Å². The normalized spacial score (nSPS) is 49.2. The highest BCUT2D eigenvalue weighted by atomic mass is 16.7. The van der Waals surface area contributed by atoms with Crippen molar-refractivity contribution in [3.63, 3.8) is 0 Å². The first-order valence-corrected chi connectivity index (χ1v) is 17.3. The summed E-state index contributed by atoms with van der Waals surface area (Å²) in [6, 6.07) is 0. The first-order chi connectivity index (χ1) is 24.1. The molecule has 5 rings (SSSR count). The molecule has 3 aliphatic heterocycles. The molecule has 51 heavy (non-hydrogen) atoms. The number of carboxylic acid groups (broad SMARTS) is 1. The number of esters is 1. The lowest BCUT2D eigenvalue weighted by Crippen LogP contribution is -2.64. The maximum absolute atomic E-state index is 11.8. The summed E-state index contributed by atoms with van der Waals surface area (Å²) in [6.45, 7) is 0.859. The molecule has 19 nitrogen and oxygen atoms in total. The van der Waals surface area contributed by atoms with E-state index in [9.17, 15) is 50.4 Å². The second kappa shape index (κ2) is 17.2. The lowest BCUT2D eigenvalue weighted by atomic mass is 9.72. The molecule has 0 radical (unpaired) electrons. The molecular formula is C32H53O19+. The van der Waals surface area contributed by atoms with Gasteiger partial charge >= 0.3 is 11.9 Å². The van der Waals surface area contributed by atoms with Crippen molar-refractivity contribution in [2.45, 2.75) is 156 Å². The molecule has 2 aliphatic carbocycles. The van der Waals surface area contributed by atoms with Crippen LogP contribution < -0.4 is 0 Å². The lowest BCUT2D eigenvalue weighted by Gasteiger charge is -2.49. The minimum atomic E-state index is -1.79. The summed E-state index contributed by atoms with van der Waals surface area (Å²) in [5.74, 6) is -3.24. The third kappa shape index (κ3) is 9.01. The maximum Gasteiger partial charge on any atom is 0.317 e. The van der Waals surface area contributed by atoms with Crippen LogP contribution in [0.5, 0.6) is 0 Å². The van der Waals surface area contributed by atoms with Crippen LogP contribution >= 0.6 is 0 Å². The molecule has 294 valence electrons. The van der Waals surface area contributed by atoms with Gasteiger partial charge in [-0.25, -0.2) is 0 Å². The Hall–Kier alpha value is -1.66. The third-order valence-electron chi connectivity index (χ3n) is 10.9. The average Bonchev–Trinajstić information content (AvgIpc) is 3.08. The zero-order valence-electron chi connectivity index (χ0n) is 28.6. The number of carbonyl (C=O) groups is 2. The van der Waals surface area contributed by atoms with Gasteiger partial charge in [0.15, 0.2) is 30.9 Å². The molecule has 18 atom stereocenters. The second-order valence-electron chi connectivity index (χ2n) is 14.3. The Labute approximate surface area is 293 Å². The Kier molecular flexibility index (Phi) is 13.7. The van der Waals surface area contributed by atoms with E-state index in [4.69, 9.17) is 43.0 Å². The molecule has 2 saturated carbocycles. The number of fused-ring (bicyclic) bond motifs is 1. The number of aliphatic carboxylic acids is 1. The first-order valence-electron chi connectivity index (χ1n) is 17.3. The fourth-order valence-electron chi connectivity index (χ4n) is 8.14. The number of rotatable bonds is 11. The summed E-state index contributed by atoms with van der Waals surface area (Å²) in [5, 5.41) is 94.7. The molecule has 0 spiro atoms. The van der Waals surface area contributed by atoms with Gasteiger partial charge in [0.05, 0.1) is 43.0 Å². The van der Waals surface area contributed by atoms with Crippen molar-refractivity contribution in [3.8, 4) is 0 Å². The van der Waals surface area contributed by atoms with Crippen molar-refractivity contribution < 1.29 is 93.4 Å². The van der Waals surface area contributed by atoms with Gasteiger partial charge in [-0.15, -0.1) is 0 Å². The Morgan fingerprint density at radius 1 is 0.745 bits per heavy atom. The largest absolute Gasteiger partial charge is 0.481 e. The number of carboxylic acids is 1. The van der Waals surface area contributed by atoms with Gasteiger partial charge in [0, 0.05) is 33.0 Å². The van der Waals surface area contributed by atoms with E-state index in [1.807, 2.05) is 0 Å². The molecule has 0 amide bonds. The van der Waals surface area contributed by atoms with Crippen molar-refractivity contribution in [1.29, 1.82) is 0 Å². The standard InChI is InChI=1S/C32H52O19/c1-11-29(51-22(37)9-21(35)36)26(41)28(43)31(47-11)46-10-20-24(39)25(40)27(42)32(50-20)49-19-8-14-15(34)6-13(33)7-16(14)48-30(19)12-4-17(44-2)23(38)18(5-12)45-3/h11-20,23-34,38-43H,4-10H2,1-3H3,(H,35,36)/p+1. The van der Waals surface area contributed by atoms with E-state index in [-0.39, 0.29) is 24.7 Å². The summed E-state index contributed by atoms with van der Waals surface area (Å²) in [4.78, 5) is 22.7. The number of carbonyl (C=O) groups excluding carboxylic acids is 1. The smallest absolute Gasteiger partial charge is 0.317 e. The SMILES string of the molecule is COC1CC(C2[OH+]C3CC(O)CC(O)C3CC2OC2OC(COC3OC(C)C(OC(=O)CC(=O)O)C(O)C3O)C(O)C(O)C2O)CC(OC)C1O. The number of hydrogen-bond acceptors (Lipinski definition) is 17. The Morgan fingerprint density at radius 2 is 1.39 bits per heavy atom. The molecule has 0 aromatic heterocycles. The summed E-state index contributed by atoms with van der Waals surface area (Å²) in [6.07, 6.45) is -20.5. The third-order valence-corrected chi connectivity index (χ3v) is 10.9. The van der Waals surface area contributed by atoms with Crippen LogP contribution in [0.25, 0.3) is 0 Å². The van der Waals surface area contributed by atoms with Crippen LogP contribution in [0.15, 0.2) is 0 Å². The van der Waals surface area contributed by atoms with Gasteiger partial charge < -0.3 is 83.9 Å². The van der Waals surface area contributed by atoms with E-state index in [2.05, 4.69) is 0 Å². The number of methoxy groups -OCH3 is 2. The summed E-state index contributed by atoms with van der Waals surface area (Å²) in [5.41, 5.74) is 0. The van der Waals surface area contributed by atoms with E-state index < -0.39 is 135 Å². The Bertz CT molecular complexity index is 1150. The highest BCUT2D eigenvalue weighted by Gasteiger charge is 2.56. The van der Waals surface area contributed by atoms with Crippen molar-refractivity contribution in [3.05, 3.63) is 0 Å². The fourth-order valence-corrected chi connectivity index (χ4v) is 8.14. The van der Waals surface area contributed by atoms with Crippen LogP contribution in [-0.2, 0) is 42.7 Å². The van der Waals surface area contributed by atoms with Gasteiger partial charge in [0.2, 0.25) is 0 Å². The average molecular weight is 742 g/mol. The molecule has 0 aromatic rings. The van der Waals surface area contributed by atoms with Gasteiger partial charge in [-0.2, -0.15) is 0 Å². The lowest BCUT2D eigenvalue weighted by molar-refractivity contribution is -0.363. The van der Waals surface area contributed by atoms with Crippen LogP contribution in [0.1, 0.15) is 45.4 Å². The van der Waals surface area contributed by atoms with E-state index in [0.717, 1.165) is 0 Å². The van der Waals surface area contributed by atoms with Crippen LogP contribution in [0.4, 0.5) is 0 Å². The molecule has 0 bridgehead atoms. The molecule has 5 aliphatic rings. The van der Waals surface area contributed by atoms with Gasteiger partial charge in [-0.05, 0) is 26.2 Å². The number of aliphatic hydroxyl groups is 10. The number of hydrogen-bond donors (Lipinski definition) is 9. The zero-order chi connectivity index (χ0) is 37.3. The van der Waals surface area contributed by atoms with Gasteiger partial charge in [-0.3, -0.25) is 9.59 Å². The molecule has 3 saturated heterocycles. The minimum absolute atomic E-state index is 0.155. The van der Waals surface area contributed by atoms with Crippen LogP contribution in [0, 0.1) is 11.8 Å². The second-order valence-corrected chi connectivity index (χ2v) is 14.3. The van der Waals surface area contributed by atoms with Gasteiger partial charge in [0.25, 0.3) is 0 Å². The topological polar surface area (TPSA) is 294 Å². The maximum atomic E-state index is 11.8. The number of ether oxygens (including phenoxy) is 8. The van der Waals surface area contributed by atoms with Crippen molar-refractivity contribution in [1.82, 2.24) is 0 Å². The molecule has 18 unspecified atom stereocenters.